The molecule has 2 fully saturated rings. The maximum absolute atomic E-state index is 14.0. The predicted molar refractivity (Wildman–Crippen MR) is 242 cm³/mol. The zero-order chi connectivity index (χ0) is 47.9. The topological polar surface area (TPSA) is 256 Å². The summed E-state index contributed by atoms with van der Waals surface area (Å²) in [5.41, 5.74) is 1.94. The third kappa shape index (κ3) is 11.7. The largest absolute Gasteiger partial charge is 0.497 e. The van der Waals surface area contributed by atoms with E-state index in [9.17, 15) is 33.6 Å². The minimum Gasteiger partial charge on any atom is -0.497 e. The summed E-state index contributed by atoms with van der Waals surface area (Å²) in [6, 6.07) is 7.37. The van der Waals surface area contributed by atoms with Gasteiger partial charge in [-0.15, -0.1) is 10.2 Å². The Morgan fingerprint density at radius 2 is 1.70 bits per heavy atom. The second-order valence-electron chi connectivity index (χ2n) is 17.8. The smallest absolute Gasteiger partial charge is 0.246 e. The van der Waals surface area contributed by atoms with Gasteiger partial charge in [-0.25, -0.2) is 0 Å². The first-order valence-electron chi connectivity index (χ1n) is 21.9. The van der Waals surface area contributed by atoms with Crippen molar-refractivity contribution in [2.75, 3.05) is 46.5 Å². The average molecular weight is 932 g/mol. The van der Waals surface area contributed by atoms with Crippen molar-refractivity contribution in [2.45, 2.75) is 91.0 Å². The Bertz CT molecular complexity index is 2360. The highest BCUT2D eigenvalue weighted by molar-refractivity contribution is 6.30. The Morgan fingerprint density at radius 3 is 2.39 bits per heavy atom. The van der Waals surface area contributed by atoms with Gasteiger partial charge < -0.3 is 46.3 Å². The summed E-state index contributed by atoms with van der Waals surface area (Å²) in [4.78, 5) is 102. The molecular formula is C45H58ClN11O9. The summed E-state index contributed by atoms with van der Waals surface area (Å²) < 4.78 is 12.9. The van der Waals surface area contributed by atoms with Gasteiger partial charge in [-0.2, -0.15) is 0 Å². The van der Waals surface area contributed by atoms with Gasteiger partial charge in [0, 0.05) is 35.8 Å². The van der Waals surface area contributed by atoms with Crippen LogP contribution in [0.5, 0.6) is 5.75 Å². The van der Waals surface area contributed by atoms with Crippen LogP contribution in [-0.2, 0) is 38.3 Å². The van der Waals surface area contributed by atoms with Crippen LogP contribution in [0.25, 0.3) is 5.69 Å². The van der Waals surface area contributed by atoms with Crippen LogP contribution in [0.2, 0.25) is 5.02 Å². The summed E-state index contributed by atoms with van der Waals surface area (Å²) in [5, 5.41) is 25.4. The number of hydrogen-bond acceptors (Lipinski definition) is 12. The molecule has 4 heterocycles. The lowest BCUT2D eigenvalue weighted by molar-refractivity contribution is -0.144. The summed E-state index contributed by atoms with van der Waals surface area (Å²) >= 11 is 6.25. The molecule has 3 aliphatic rings. The zero-order valence-corrected chi connectivity index (χ0v) is 38.9. The Balaban J connectivity index is 1.22. The molecule has 0 unspecified atom stereocenters. The van der Waals surface area contributed by atoms with Crippen molar-refractivity contribution in [3.05, 3.63) is 70.3 Å². The Kier molecular flexibility index (Phi) is 15.8. The molecular weight excluding hydrogens is 874 g/mol. The molecule has 0 radical (unpaired) electrons. The second kappa shape index (κ2) is 21.3. The molecule has 354 valence electrons. The van der Waals surface area contributed by atoms with Crippen LogP contribution < -0.4 is 36.6 Å². The van der Waals surface area contributed by atoms with E-state index in [1.807, 2.05) is 28.8 Å². The Hall–Kier alpha value is -6.41. The number of hydrogen-bond donors (Lipinski definition) is 6. The second-order valence-corrected chi connectivity index (χ2v) is 18.2. The van der Waals surface area contributed by atoms with Gasteiger partial charge in [0.2, 0.25) is 41.4 Å². The van der Waals surface area contributed by atoms with Gasteiger partial charge >= 0.3 is 0 Å². The first-order valence-corrected chi connectivity index (χ1v) is 22.3. The molecule has 0 aliphatic carbocycles. The van der Waals surface area contributed by atoms with E-state index in [2.05, 4.69) is 42.1 Å². The number of carbonyl (C=O) groups excluding carboxylic acids is 7. The number of carbonyl (C=O) groups is 7. The number of amides is 7. The Morgan fingerprint density at radius 1 is 0.955 bits per heavy atom. The van der Waals surface area contributed by atoms with Crippen LogP contribution in [0.1, 0.15) is 82.7 Å². The highest BCUT2D eigenvalue weighted by Crippen LogP contribution is 2.34. The minimum absolute atomic E-state index is 0.0910. The molecule has 6 rings (SSSR count). The fourth-order valence-electron chi connectivity index (χ4n) is 8.01. The van der Waals surface area contributed by atoms with Crippen molar-refractivity contribution < 1.29 is 43.0 Å². The minimum atomic E-state index is -1.35. The lowest BCUT2D eigenvalue weighted by Crippen LogP contribution is -2.59. The van der Waals surface area contributed by atoms with Gasteiger partial charge in [-0.1, -0.05) is 58.4 Å². The molecule has 1 aromatic heterocycles. The van der Waals surface area contributed by atoms with Crippen LogP contribution in [0.3, 0.4) is 0 Å². The molecule has 20 nitrogen and oxygen atoms in total. The quantitative estimate of drug-likeness (QED) is 0.195. The first-order chi connectivity index (χ1) is 31.4. The van der Waals surface area contributed by atoms with Gasteiger partial charge in [0.25, 0.3) is 0 Å². The first kappa shape index (κ1) is 49.0. The molecule has 6 N–H and O–H groups in total. The number of aromatic nitrogens is 3. The number of aliphatic imine (C=N–C) groups is 1. The van der Waals surface area contributed by atoms with Crippen LogP contribution in [0.4, 0.5) is 0 Å². The number of methoxy groups -OCH3 is 1. The third-order valence-electron chi connectivity index (χ3n) is 11.5. The molecule has 3 aromatic rings. The van der Waals surface area contributed by atoms with E-state index in [4.69, 9.17) is 26.1 Å². The number of ether oxygens (including phenoxy) is 2. The van der Waals surface area contributed by atoms with Crippen LogP contribution >= 0.6 is 11.6 Å². The maximum atomic E-state index is 14.0. The number of nitrogens with one attached hydrogen (secondary N) is 6. The van der Waals surface area contributed by atoms with Crippen LogP contribution in [0.15, 0.2) is 47.5 Å². The standard InChI is InChI=1S/C45H58ClN11O9/c1-24(2)37-43(63)51-31(41(61)47-16-18-66-23-36(60)53-39(45(4,5)6)44(64)56-17-8-9-33(56)42(62)49-22-35(59)52-37)21-48-34(58)20-30-40-55-54-25(3)57(40)32-15-14-28(65-7)19-29(32)38(50-30)26-10-12-27(46)13-11-26/h10-15,19,24,30-31,33,37,39H,8-9,16-18,20-23H2,1-7H3,(H,47,61)(H,48,58)(H,49,62)(H,51,63)(H,52,59)(H,53,60)/t30-,31+,33-,37+,39+/m0/s1. The lowest BCUT2D eigenvalue weighted by Gasteiger charge is -2.35. The molecule has 3 aliphatic heterocycles. The van der Waals surface area contributed by atoms with Crippen molar-refractivity contribution in [3.8, 4) is 11.4 Å². The fourth-order valence-corrected chi connectivity index (χ4v) is 8.14. The van der Waals surface area contributed by atoms with E-state index in [1.165, 1.54) is 4.90 Å². The van der Waals surface area contributed by atoms with E-state index < -0.39 is 96.0 Å². The lowest BCUT2D eigenvalue weighted by atomic mass is 9.85. The van der Waals surface area contributed by atoms with Crippen LogP contribution in [-0.4, -0.2) is 137 Å². The monoisotopic (exact) mass is 931 g/mol. The summed E-state index contributed by atoms with van der Waals surface area (Å²) in [7, 11) is 1.56. The number of benzene rings is 2. The van der Waals surface area contributed by atoms with Crippen molar-refractivity contribution in [2.24, 2.45) is 16.3 Å². The molecule has 2 saturated heterocycles. The predicted octanol–water partition coefficient (Wildman–Crippen LogP) is 1.05. The van der Waals surface area contributed by atoms with E-state index in [1.54, 1.807) is 66.9 Å². The molecule has 66 heavy (non-hydrogen) atoms. The van der Waals surface area contributed by atoms with Crippen molar-refractivity contribution >= 4 is 58.7 Å². The number of fused-ring (bicyclic) bond motifs is 4. The maximum Gasteiger partial charge on any atom is 0.246 e. The molecule has 0 saturated carbocycles. The van der Waals surface area contributed by atoms with Gasteiger partial charge in [0.05, 0.1) is 38.1 Å². The van der Waals surface area contributed by atoms with E-state index >= 15 is 0 Å². The number of nitrogens with zero attached hydrogens (tertiary/aromatic N) is 5. The SMILES string of the molecule is COc1ccc2c(c1)C(c1ccc(Cl)cc1)=N[C@@H](CC(=O)NC[C@H]1NC(=O)[C@@H](C(C)C)NC(=O)CNC(=O)[C@@H]3CCCN3C(=O)[C@H](C(C)(C)C)NC(=O)COCCNC1=O)c1nnc(C)n1-2. The average Bonchev–Trinajstić information content (AvgIpc) is 3.90. The molecule has 0 bridgehead atoms. The Labute approximate surface area is 387 Å². The third-order valence-corrected chi connectivity index (χ3v) is 11.7. The molecule has 7 amide bonds. The molecule has 0 spiro atoms. The van der Waals surface area contributed by atoms with Gasteiger partial charge in [0.15, 0.2) is 5.82 Å². The number of halogens is 1. The van der Waals surface area contributed by atoms with Crippen molar-refractivity contribution in [1.29, 1.82) is 0 Å². The van der Waals surface area contributed by atoms with Gasteiger partial charge in [0.1, 0.15) is 48.4 Å². The number of rotatable bonds is 7. The normalized spacial score (nSPS) is 22.8. The summed E-state index contributed by atoms with van der Waals surface area (Å²) in [6.45, 7) is 9.31. The molecule has 2 aromatic carbocycles. The number of aryl methyl sites for hydroxylation is 1. The molecule has 5 atom stereocenters. The summed E-state index contributed by atoms with van der Waals surface area (Å²) in [5.74, 6) is -3.18. The summed E-state index contributed by atoms with van der Waals surface area (Å²) in [6.07, 6.45) is 0.655. The van der Waals surface area contributed by atoms with Crippen molar-refractivity contribution in [1.82, 2.24) is 51.6 Å². The van der Waals surface area contributed by atoms with Crippen LogP contribution in [0, 0.1) is 18.3 Å². The van der Waals surface area contributed by atoms with E-state index in [0.717, 1.165) is 5.56 Å². The van der Waals surface area contributed by atoms with E-state index in [-0.39, 0.29) is 32.7 Å². The van der Waals surface area contributed by atoms with Gasteiger partial charge in [-0.05, 0) is 61.4 Å². The van der Waals surface area contributed by atoms with Gasteiger partial charge in [-0.3, -0.25) is 43.1 Å². The zero-order valence-electron chi connectivity index (χ0n) is 38.2. The molecule has 21 heteroatoms. The van der Waals surface area contributed by atoms with Crippen molar-refractivity contribution in [3.63, 3.8) is 0 Å². The highest BCUT2D eigenvalue weighted by atomic mass is 35.5. The highest BCUT2D eigenvalue weighted by Gasteiger charge is 2.42. The fraction of sp³-hybridized carbons (Fsp3) is 0.511. The van der Waals surface area contributed by atoms with E-state index in [0.29, 0.717) is 52.2 Å².